The van der Waals surface area contributed by atoms with E-state index in [9.17, 15) is 14.7 Å². The number of nitrogens with zero attached hydrogens (tertiary/aromatic N) is 1. The molecule has 0 saturated carbocycles. The van der Waals surface area contributed by atoms with E-state index < -0.39 is 18.0 Å². The van der Waals surface area contributed by atoms with E-state index in [1.165, 1.54) is 4.90 Å². The standard InChI is InChI=1S/C20H24N2O4/c1-22(12-13-26-15-17-10-6-3-7-11-17)20(25)21-18(19(23)24)14-16-8-4-2-5-9-16/h2-11,18H,12-15H2,1H3,(H,21,25)(H,23,24)/t18-/m0/s1. The molecule has 2 amide bonds. The van der Waals surface area contributed by atoms with E-state index in [1.807, 2.05) is 60.7 Å². The average Bonchev–Trinajstić information content (AvgIpc) is 2.66. The zero-order chi connectivity index (χ0) is 18.8. The van der Waals surface area contributed by atoms with Gasteiger partial charge in [0.15, 0.2) is 0 Å². The normalized spacial score (nSPS) is 11.6. The molecular weight excluding hydrogens is 332 g/mol. The van der Waals surface area contributed by atoms with Crippen LogP contribution in [0.25, 0.3) is 0 Å². The molecule has 0 bridgehead atoms. The number of likely N-dealkylation sites (N-methyl/N-ethyl adjacent to an activating group) is 1. The van der Waals surface area contributed by atoms with Crippen LogP contribution in [0.4, 0.5) is 4.79 Å². The van der Waals surface area contributed by atoms with E-state index in [4.69, 9.17) is 4.74 Å². The Labute approximate surface area is 153 Å². The molecular formula is C20H24N2O4. The van der Waals surface area contributed by atoms with Crippen molar-refractivity contribution in [3.05, 3.63) is 71.8 Å². The summed E-state index contributed by atoms with van der Waals surface area (Å²) in [6, 6.07) is 17.6. The van der Waals surface area contributed by atoms with Gasteiger partial charge in [0.05, 0.1) is 13.2 Å². The third-order valence-electron chi connectivity index (χ3n) is 3.91. The van der Waals surface area contributed by atoms with E-state index in [-0.39, 0.29) is 6.42 Å². The first kappa shape index (κ1) is 19.5. The van der Waals surface area contributed by atoms with Crippen molar-refractivity contribution in [2.75, 3.05) is 20.2 Å². The van der Waals surface area contributed by atoms with E-state index in [0.29, 0.717) is 19.8 Å². The summed E-state index contributed by atoms with van der Waals surface area (Å²) < 4.78 is 5.55. The molecule has 6 nitrogen and oxygen atoms in total. The number of hydrogen-bond donors (Lipinski definition) is 2. The minimum atomic E-state index is -1.06. The highest BCUT2D eigenvalue weighted by atomic mass is 16.5. The number of carbonyl (C=O) groups excluding carboxylic acids is 1. The first-order valence-electron chi connectivity index (χ1n) is 8.46. The van der Waals surface area contributed by atoms with Gasteiger partial charge in [-0.05, 0) is 11.1 Å². The summed E-state index contributed by atoms with van der Waals surface area (Å²) >= 11 is 0. The predicted octanol–water partition coefficient (Wildman–Crippen LogP) is 2.54. The summed E-state index contributed by atoms with van der Waals surface area (Å²) in [4.78, 5) is 25.1. The van der Waals surface area contributed by atoms with Gasteiger partial charge in [-0.25, -0.2) is 9.59 Å². The number of rotatable bonds is 9. The van der Waals surface area contributed by atoms with Gasteiger partial charge in [-0.1, -0.05) is 60.7 Å². The number of ether oxygens (including phenoxy) is 1. The van der Waals surface area contributed by atoms with Crippen molar-refractivity contribution in [3.63, 3.8) is 0 Å². The Morgan fingerprint density at radius 1 is 1.04 bits per heavy atom. The molecule has 0 unspecified atom stereocenters. The van der Waals surface area contributed by atoms with Crippen molar-refractivity contribution < 1.29 is 19.4 Å². The van der Waals surface area contributed by atoms with Crippen LogP contribution < -0.4 is 5.32 Å². The molecule has 0 aliphatic heterocycles. The summed E-state index contributed by atoms with van der Waals surface area (Å²) in [6.45, 7) is 1.22. The average molecular weight is 356 g/mol. The van der Waals surface area contributed by atoms with Crippen molar-refractivity contribution in [1.29, 1.82) is 0 Å². The maximum Gasteiger partial charge on any atom is 0.326 e. The van der Waals surface area contributed by atoms with Gasteiger partial charge in [0, 0.05) is 20.0 Å². The van der Waals surface area contributed by atoms with Crippen LogP contribution in [-0.2, 0) is 22.6 Å². The van der Waals surface area contributed by atoms with Crippen LogP contribution in [0, 0.1) is 0 Å². The Kier molecular flexibility index (Phi) is 7.64. The van der Waals surface area contributed by atoms with Crippen LogP contribution in [-0.4, -0.2) is 48.2 Å². The zero-order valence-corrected chi connectivity index (χ0v) is 14.8. The lowest BCUT2D eigenvalue weighted by Gasteiger charge is -2.21. The smallest absolute Gasteiger partial charge is 0.326 e. The second kappa shape index (κ2) is 10.2. The third kappa shape index (κ3) is 6.57. The van der Waals surface area contributed by atoms with E-state index in [1.54, 1.807) is 7.05 Å². The van der Waals surface area contributed by atoms with E-state index in [0.717, 1.165) is 11.1 Å². The Hall–Kier alpha value is -2.86. The number of urea groups is 1. The number of carboxylic acid groups (broad SMARTS) is 1. The van der Waals surface area contributed by atoms with Crippen molar-refractivity contribution in [3.8, 4) is 0 Å². The molecule has 1 atom stereocenters. The van der Waals surface area contributed by atoms with Gasteiger partial charge in [0.25, 0.3) is 0 Å². The van der Waals surface area contributed by atoms with Gasteiger partial charge in [0.2, 0.25) is 0 Å². The quantitative estimate of drug-likeness (QED) is 0.677. The molecule has 2 N–H and O–H groups in total. The minimum absolute atomic E-state index is 0.236. The first-order valence-corrected chi connectivity index (χ1v) is 8.46. The minimum Gasteiger partial charge on any atom is -0.480 e. The molecule has 0 fully saturated rings. The molecule has 0 saturated heterocycles. The summed E-state index contributed by atoms with van der Waals surface area (Å²) in [5, 5.41) is 11.9. The predicted molar refractivity (Wildman–Crippen MR) is 98.8 cm³/mol. The molecule has 6 heteroatoms. The second-order valence-corrected chi connectivity index (χ2v) is 5.99. The second-order valence-electron chi connectivity index (χ2n) is 5.99. The molecule has 0 spiro atoms. The molecule has 2 aromatic rings. The Balaban J connectivity index is 1.75. The number of amides is 2. The molecule has 2 aromatic carbocycles. The van der Waals surface area contributed by atoms with Crippen LogP contribution in [0.2, 0.25) is 0 Å². The van der Waals surface area contributed by atoms with Crippen molar-refractivity contribution in [2.24, 2.45) is 0 Å². The highest BCUT2D eigenvalue weighted by Gasteiger charge is 2.22. The highest BCUT2D eigenvalue weighted by molar-refractivity contribution is 5.82. The fourth-order valence-corrected chi connectivity index (χ4v) is 2.38. The van der Waals surface area contributed by atoms with Crippen LogP contribution in [0.1, 0.15) is 11.1 Å². The molecule has 0 aliphatic carbocycles. The van der Waals surface area contributed by atoms with Crippen LogP contribution in [0.15, 0.2) is 60.7 Å². The van der Waals surface area contributed by atoms with Crippen molar-refractivity contribution in [1.82, 2.24) is 10.2 Å². The summed E-state index contributed by atoms with van der Waals surface area (Å²) in [5.74, 6) is -1.06. The van der Waals surface area contributed by atoms with Crippen molar-refractivity contribution >= 4 is 12.0 Å². The first-order chi connectivity index (χ1) is 12.6. The number of nitrogens with one attached hydrogen (secondary N) is 1. The van der Waals surface area contributed by atoms with Gasteiger partial charge >= 0.3 is 12.0 Å². The topological polar surface area (TPSA) is 78.9 Å². The summed E-state index contributed by atoms with van der Waals surface area (Å²) in [6.07, 6.45) is 0.236. The number of aliphatic carboxylic acids is 1. The van der Waals surface area contributed by atoms with Gasteiger partial charge < -0.3 is 20.1 Å². The molecule has 0 aromatic heterocycles. The number of carboxylic acids is 1. The molecule has 2 rings (SSSR count). The molecule has 0 heterocycles. The fraction of sp³-hybridized carbons (Fsp3) is 0.300. The lowest BCUT2D eigenvalue weighted by molar-refractivity contribution is -0.139. The number of benzene rings is 2. The zero-order valence-electron chi connectivity index (χ0n) is 14.8. The maximum atomic E-state index is 12.2. The maximum absolute atomic E-state index is 12.2. The SMILES string of the molecule is CN(CCOCc1ccccc1)C(=O)N[C@@H](Cc1ccccc1)C(=O)O. The van der Waals surface area contributed by atoms with Crippen molar-refractivity contribution in [2.45, 2.75) is 19.1 Å². The monoisotopic (exact) mass is 356 g/mol. The van der Waals surface area contributed by atoms with Crippen LogP contribution in [0.5, 0.6) is 0 Å². The summed E-state index contributed by atoms with van der Waals surface area (Å²) in [5.41, 5.74) is 1.92. The Morgan fingerprint density at radius 2 is 1.62 bits per heavy atom. The largest absolute Gasteiger partial charge is 0.480 e. The fourth-order valence-electron chi connectivity index (χ4n) is 2.38. The van der Waals surface area contributed by atoms with Gasteiger partial charge in [-0.2, -0.15) is 0 Å². The summed E-state index contributed by atoms with van der Waals surface area (Å²) in [7, 11) is 1.61. The number of carbonyl (C=O) groups is 2. The van der Waals surface area contributed by atoms with Crippen LogP contribution in [0.3, 0.4) is 0 Å². The van der Waals surface area contributed by atoms with Gasteiger partial charge in [0.1, 0.15) is 6.04 Å². The third-order valence-corrected chi connectivity index (χ3v) is 3.91. The van der Waals surface area contributed by atoms with E-state index >= 15 is 0 Å². The Bertz CT molecular complexity index is 691. The highest BCUT2D eigenvalue weighted by Crippen LogP contribution is 2.04. The lowest BCUT2D eigenvalue weighted by Crippen LogP contribution is -2.48. The lowest BCUT2D eigenvalue weighted by atomic mass is 10.1. The van der Waals surface area contributed by atoms with Gasteiger partial charge in [-0.15, -0.1) is 0 Å². The van der Waals surface area contributed by atoms with Gasteiger partial charge in [-0.3, -0.25) is 0 Å². The molecule has 138 valence electrons. The Morgan fingerprint density at radius 3 is 2.19 bits per heavy atom. The number of hydrogen-bond acceptors (Lipinski definition) is 3. The molecule has 26 heavy (non-hydrogen) atoms. The molecule has 0 radical (unpaired) electrons. The molecule has 0 aliphatic rings. The van der Waals surface area contributed by atoms with E-state index in [2.05, 4.69) is 5.32 Å². The van der Waals surface area contributed by atoms with Crippen LogP contribution >= 0.6 is 0 Å².